The molecule has 0 fully saturated rings. The molecule has 210 valence electrons. The van der Waals surface area contributed by atoms with Crippen LogP contribution in [0.2, 0.25) is 0 Å². The average molecular weight is 544 g/mol. The van der Waals surface area contributed by atoms with Crippen molar-refractivity contribution >= 4 is 28.9 Å². The number of pyridine rings is 1. The van der Waals surface area contributed by atoms with Crippen LogP contribution >= 0.6 is 0 Å². The third-order valence-corrected chi connectivity index (χ3v) is 5.67. The molecule has 4 N–H and O–H groups in total. The number of hydrogen-bond donors (Lipinski definition) is 4. The van der Waals surface area contributed by atoms with Gasteiger partial charge in [0.1, 0.15) is 5.58 Å². The molecule has 0 bridgehead atoms. The standard InChI is InChI=1S/C21H25N3O2.C6H8O7/c1-16-6-7-20-19(11-16)21(25)18(15-26-20)14-24(10-9-23(2)3)13-17-5-4-8-22-12-17;7-3(8)1-6(13,5(11)12)2-4(9)10/h4-8,11-12,15H,9-10,13-14H2,1-3H3;13H,1-2H2,(H,7,8)(H,9,10)(H,11,12). The lowest BCUT2D eigenvalue weighted by atomic mass is 9.96. The van der Waals surface area contributed by atoms with E-state index in [2.05, 4.69) is 34.9 Å². The number of aliphatic carboxylic acids is 3. The van der Waals surface area contributed by atoms with Crippen molar-refractivity contribution in [3.8, 4) is 0 Å². The Morgan fingerprint density at radius 2 is 1.67 bits per heavy atom. The van der Waals surface area contributed by atoms with E-state index < -0.39 is 36.4 Å². The van der Waals surface area contributed by atoms with Gasteiger partial charge in [0, 0.05) is 44.1 Å². The first-order valence-electron chi connectivity index (χ1n) is 12.0. The van der Waals surface area contributed by atoms with Crippen molar-refractivity contribution in [1.29, 1.82) is 0 Å². The molecular weight excluding hydrogens is 510 g/mol. The van der Waals surface area contributed by atoms with Gasteiger partial charge in [-0.3, -0.25) is 24.3 Å². The minimum absolute atomic E-state index is 0.0518. The number of rotatable bonds is 12. The Morgan fingerprint density at radius 3 is 2.21 bits per heavy atom. The van der Waals surface area contributed by atoms with Crippen molar-refractivity contribution in [3.63, 3.8) is 0 Å². The van der Waals surface area contributed by atoms with E-state index in [1.165, 1.54) is 0 Å². The molecule has 2 aromatic heterocycles. The van der Waals surface area contributed by atoms with Crippen molar-refractivity contribution in [2.24, 2.45) is 0 Å². The van der Waals surface area contributed by atoms with Crippen LogP contribution in [-0.2, 0) is 27.5 Å². The highest BCUT2D eigenvalue weighted by Gasteiger charge is 2.40. The van der Waals surface area contributed by atoms with Crippen molar-refractivity contribution in [1.82, 2.24) is 14.8 Å². The van der Waals surface area contributed by atoms with Gasteiger partial charge in [0.15, 0.2) is 11.0 Å². The molecule has 0 aliphatic carbocycles. The van der Waals surface area contributed by atoms with Gasteiger partial charge in [-0.1, -0.05) is 17.7 Å². The van der Waals surface area contributed by atoms with Crippen LogP contribution in [0, 0.1) is 6.92 Å². The van der Waals surface area contributed by atoms with Crippen LogP contribution in [0.1, 0.15) is 29.5 Å². The number of aliphatic hydroxyl groups is 1. The fourth-order valence-corrected chi connectivity index (χ4v) is 3.65. The van der Waals surface area contributed by atoms with E-state index in [9.17, 15) is 19.2 Å². The molecule has 0 aliphatic rings. The molecule has 3 aromatic rings. The van der Waals surface area contributed by atoms with Crippen LogP contribution in [0.4, 0.5) is 0 Å². The lowest BCUT2D eigenvalue weighted by Crippen LogP contribution is -2.42. The third-order valence-electron chi connectivity index (χ3n) is 5.67. The monoisotopic (exact) mass is 543 g/mol. The number of likely N-dealkylation sites (N-methyl/N-ethyl adjacent to an activating group) is 1. The van der Waals surface area contributed by atoms with E-state index in [4.69, 9.17) is 24.8 Å². The normalized spacial score (nSPS) is 11.3. The quantitative estimate of drug-likeness (QED) is 0.260. The van der Waals surface area contributed by atoms with Crippen molar-refractivity contribution in [3.05, 3.63) is 75.9 Å². The maximum atomic E-state index is 12.9. The first kappa shape index (κ1) is 31.1. The van der Waals surface area contributed by atoms with Gasteiger partial charge >= 0.3 is 17.9 Å². The number of benzene rings is 1. The fourth-order valence-electron chi connectivity index (χ4n) is 3.65. The number of nitrogens with zero attached hydrogens (tertiary/aromatic N) is 3. The topological polar surface area (TPSA) is 182 Å². The molecule has 0 saturated heterocycles. The molecular formula is C27H33N3O9. The second-order valence-corrected chi connectivity index (χ2v) is 9.44. The Balaban J connectivity index is 0.000000349. The van der Waals surface area contributed by atoms with Gasteiger partial charge in [-0.05, 0) is 44.8 Å². The Morgan fingerprint density at radius 1 is 1.00 bits per heavy atom. The van der Waals surface area contributed by atoms with Gasteiger partial charge < -0.3 is 29.7 Å². The summed E-state index contributed by atoms with van der Waals surface area (Å²) in [5.74, 6) is -5.02. The summed E-state index contributed by atoms with van der Waals surface area (Å²) in [6, 6.07) is 9.70. The summed E-state index contributed by atoms with van der Waals surface area (Å²) in [4.78, 5) is 52.0. The van der Waals surface area contributed by atoms with E-state index in [-0.39, 0.29) is 5.43 Å². The van der Waals surface area contributed by atoms with Crippen LogP contribution in [0.25, 0.3) is 11.0 Å². The molecule has 0 spiro atoms. The average Bonchev–Trinajstić information content (AvgIpc) is 2.84. The van der Waals surface area contributed by atoms with Crippen molar-refractivity contribution in [2.45, 2.75) is 38.5 Å². The van der Waals surface area contributed by atoms with Gasteiger partial charge in [0.05, 0.1) is 24.5 Å². The zero-order chi connectivity index (χ0) is 29.2. The number of carbonyl (C=O) groups is 3. The number of carboxylic acid groups (broad SMARTS) is 3. The molecule has 39 heavy (non-hydrogen) atoms. The molecule has 12 nitrogen and oxygen atoms in total. The maximum absolute atomic E-state index is 12.9. The number of carboxylic acids is 3. The van der Waals surface area contributed by atoms with Crippen LogP contribution in [0.5, 0.6) is 0 Å². The number of aryl methyl sites for hydroxylation is 1. The molecule has 1 aromatic carbocycles. The predicted molar refractivity (Wildman–Crippen MR) is 141 cm³/mol. The Bertz CT molecular complexity index is 1320. The molecule has 3 rings (SSSR count). The van der Waals surface area contributed by atoms with E-state index in [1.54, 1.807) is 12.5 Å². The van der Waals surface area contributed by atoms with Crippen molar-refractivity contribution < 1.29 is 39.2 Å². The lowest BCUT2D eigenvalue weighted by Gasteiger charge is -2.24. The zero-order valence-corrected chi connectivity index (χ0v) is 22.0. The SMILES string of the molecule is Cc1ccc2occ(CN(CCN(C)C)Cc3cccnc3)c(=O)c2c1.O=C(O)CC(O)(CC(=O)O)C(=O)O. The Labute approximate surface area is 224 Å². The summed E-state index contributed by atoms with van der Waals surface area (Å²) in [7, 11) is 4.10. The minimum atomic E-state index is -2.74. The highest BCUT2D eigenvalue weighted by Crippen LogP contribution is 2.16. The predicted octanol–water partition coefficient (Wildman–Crippen LogP) is 1.81. The largest absolute Gasteiger partial charge is 0.481 e. The summed E-state index contributed by atoms with van der Waals surface area (Å²) in [5, 5.41) is 34.5. The van der Waals surface area contributed by atoms with Gasteiger partial charge in [0.2, 0.25) is 0 Å². The van der Waals surface area contributed by atoms with E-state index in [1.807, 2.05) is 37.4 Å². The molecule has 0 saturated carbocycles. The second-order valence-electron chi connectivity index (χ2n) is 9.44. The first-order valence-corrected chi connectivity index (χ1v) is 12.0. The fraction of sp³-hybridized carbons (Fsp3) is 0.370. The molecule has 12 heteroatoms. The van der Waals surface area contributed by atoms with E-state index in [0.29, 0.717) is 23.1 Å². The molecule has 0 unspecified atom stereocenters. The molecule has 0 radical (unpaired) electrons. The Kier molecular flexibility index (Phi) is 11.3. The third kappa shape index (κ3) is 9.93. The number of aromatic nitrogens is 1. The molecule has 0 amide bonds. The van der Waals surface area contributed by atoms with Gasteiger partial charge in [0.25, 0.3) is 0 Å². The van der Waals surface area contributed by atoms with Crippen LogP contribution in [0.15, 0.2) is 58.2 Å². The molecule has 0 aliphatic heterocycles. The minimum Gasteiger partial charge on any atom is -0.481 e. The number of hydrogen-bond acceptors (Lipinski definition) is 9. The highest BCUT2D eigenvalue weighted by molar-refractivity contribution is 5.88. The Hall–Kier alpha value is -4.13. The highest BCUT2D eigenvalue weighted by atomic mass is 16.4. The summed E-state index contributed by atoms with van der Waals surface area (Å²) in [6.45, 7) is 5.05. The zero-order valence-electron chi connectivity index (χ0n) is 22.0. The second kappa shape index (κ2) is 14.1. The van der Waals surface area contributed by atoms with Crippen LogP contribution in [-0.4, -0.2) is 85.9 Å². The van der Waals surface area contributed by atoms with E-state index in [0.717, 1.165) is 30.8 Å². The van der Waals surface area contributed by atoms with Crippen LogP contribution in [0.3, 0.4) is 0 Å². The molecule has 2 heterocycles. The van der Waals surface area contributed by atoms with Crippen molar-refractivity contribution in [2.75, 3.05) is 27.2 Å². The van der Waals surface area contributed by atoms with Crippen LogP contribution < -0.4 is 5.43 Å². The van der Waals surface area contributed by atoms with Gasteiger partial charge in [-0.25, -0.2) is 4.79 Å². The summed E-state index contributed by atoms with van der Waals surface area (Å²) < 4.78 is 5.71. The smallest absolute Gasteiger partial charge is 0.336 e. The van der Waals surface area contributed by atoms with Gasteiger partial charge in [-0.2, -0.15) is 0 Å². The summed E-state index contributed by atoms with van der Waals surface area (Å²) in [6.07, 6.45) is 2.96. The lowest BCUT2D eigenvalue weighted by molar-refractivity contribution is -0.170. The first-order chi connectivity index (χ1) is 18.3. The summed E-state index contributed by atoms with van der Waals surface area (Å²) >= 11 is 0. The van der Waals surface area contributed by atoms with E-state index >= 15 is 0 Å². The number of fused-ring (bicyclic) bond motifs is 1. The van der Waals surface area contributed by atoms with Gasteiger partial charge in [-0.15, -0.1) is 0 Å². The molecule has 0 atom stereocenters. The summed E-state index contributed by atoms with van der Waals surface area (Å²) in [5.41, 5.74) is 0.824. The maximum Gasteiger partial charge on any atom is 0.336 e.